The third kappa shape index (κ3) is 7.49. The predicted molar refractivity (Wildman–Crippen MR) is 136 cm³/mol. The van der Waals surface area contributed by atoms with E-state index in [1.165, 1.54) is 35.4 Å². The number of carbonyl (C=O) groups excluding carboxylic acids is 3. The fourth-order valence-electron chi connectivity index (χ4n) is 4.55. The van der Waals surface area contributed by atoms with Crippen LogP contribution in [0.5, 0.6) is 0 Å². The highest BCUT2D eigenvalue weighted by atomic mass is 19.1. The molecule has 0 spiro atoms. The largest absolute Gasteiger partial charge is 0.467 e. The number of anilines is 1. The molecule has 194 valence electrons. The molecule has 0 saturated heterocycles. The molecule has 1 atom stereocenters. The van der Waals surface area contributed by atoms with E-state index in [-0.39, 0.29) is 49.6 Å². The first-order valence-corrected chi connectivity index (χ1v) is 12.6. The molecular formula is C28H31FN4O4. The molecule has 37 heavy (non-hydrogen) atoms. The molecule has 0 unspecified atom stereocenters. The lowest BCUT2D eigenvalue weighted by atomic mass is 10.0. The molecule has 9 heteroatoms. The summed E-state index contributed by atoms with van der Waals surface area (Å²) in [6.45, 7) is 0.0616. The third-order valence-corrected chi connectivity index (χ3v) is 6.40. The molecular weight excluding hydrogens is 475 g/mol. The van der Waals surface area contributed by atoms with E-state index in [0.717, 1.165) is 25.7 Å². The maximum atomic E-state index is 13.7. The molecule has 0 aliphatic heterocycles. The molecule has 1 aliphatic carbocycles. The molecule has 1 aliphatic rings. The van der Waals surface area contributed by atoms with E-state index >= 15 is 0 Å². The van der Waals surface area contributed by atoms with Crippen LogP contribution >= 0.6 is 0 Å². The number of hydrogen-bond donors (Lipinski definition) is 2. The summed E-state index contributed by atoms with van der Waals surface area (Å²) in [4.78, 5) is 44.9. The van der Waals surface area contributed by atoms with E-state index in [4.69, 9.17) is 4.42 Å². The molecule has 1 saturated carbocycles. The van der Waals surface area contributed by atoms with Gasteiger partial charge in [-0.25, -0.2) is 9.37 Å². The molecule has 1 aromatic carbocycles. The first-order valence-electron chi connectivity index (χ1n) is 12.6. The second-order valence-corrected chi connectivity index (χ2v) is 9.16. The molecule has 3 amide bonds. The minimum atomic E-state index is -0.971. The highest BCUT2D eigenvalue weighted by molar-refractivity contribution is 5.91. The van der Waals surface area contributed by atoms with Crippen LogP contribution in [0, 0.1) is 5.82 Å². The van der Waals surface area contributed by atoms with Crippen LogP contribution in [0.4, 0.5) is 10.2 Å². The van der Waals surface area contributed by atoms with Crippen molar-refractivity contribution in [2.45, 2.75) is 63.6 Å². The Balaban J connectivity index is 1.50. The summed E-state index contributed by atoms with van der Waals surface area (Å²) >= 11 is 0. The number of carbonyl (C=O) groups is 3. The van der Waals surface area contributed by atoms with Gasteiger partial charge in [0.2, 0.25) is 17.7 Å². The van der Waals surface area contributed by atoms with Crippen LogP contribution in [0.1, 0.15) is 62.3 Å². The molecule has 0 radical (unpaired) electrons. The quantitative estimate of drug-likeness (QED) is 0.391. The summed E-state index contributed by atoms with van der Waals surface area (Å²) in [7, 11) is 0. The van der Waals surface area contributed by atoms with Crippen molar-refractivity contribution < 1.29 is 23.2 Å². The summed E-state index contributed by atoms with van der Waals surface area (Å²) < 4.78 is 19.2. The van der Waals surface area contributed by atoms with Crippen molar-refractivity contribution >= 4 is 23.5 Å². The highest BCUT2D eigenvalue weighted by Crippen LogP contribution is 2.27. The smallest absolute Gasteiger partial charge is 0.247 e. The molecule has 4 rings (SSSR count). The van der Waals surface area contributed by atoms with Crippen molar-refractivity contribution in [1.29, 1.82) is 0 Å². The fraction of sp³-hybridized carbons (Fsp3) is 0.357. The van der Waals surface area contributed by atoms with E-state index in [1.807, 2.05) is 0 Å². The second kappa shape index (κ2) is 12.8. The molecule has 8 nitrogen and oxygen atoms in total. The van der Waals surface area contributed by atoms with Gasteiger partial charge in [0.05, 0.1) is 12.8 Å². The number of nitrogens with zero attached hydrogens (tertiary/aromatic N) is 2. The van der Waals surface area contributed by atoms with Crippen LogP contribution in [0.25, 0.3) is 0 Å². The summed E-state index contributed by atoms with van der Waals surface area (Å²) in [6, 6.07) is 13.3. The Morgan fingerprint density at radius 2 is 1.81 bits per heavy atom. The van der Waals surface area contributed by atoms with Crippen molar-refractivity contribution in [2.24, 2.45) is 0 Å². The number of rotatable bonds is 11. The first kappa shape index (κ1) is 26.1. The lowest BCUT2D eigenvalue weighted by Crippen LogP contribution is -2.45. The van der Waals surface area contributed by atoms with Gasteiger partial charge in [-0.1, -0.05) is 31.0 Å². The van der Waals surface area contributed by atoms with Crippen molar-refractivity contribution in [3.8, 4) is 0 Å². The predicted octanol–water partition coefficient (Wildman–Crippen LogP) is 4.75. The van der Waals surface area contributed by atoms with Crippen LogP contribution in [-0.2, 0) is 20.9 Å². The topological polar surface area (TPSA) is 105 Å². The van der Waals surface area contributed by atoms with Gasteiger partial charge >= 0.3 is 0 Å². The van der Waals surface area contributed by atoms with E-state index in [9.17, 15) is 18.8 Å². The summed E-state index contributed by atoms with van der Waals surface area (Å²) in [5.41, 5.74) is 0.504. The number of amides is 3. The number of furan rings is 1. The Morgan fingerprint density at radius 3 is 2.49 bits per heavy atom. The number of aromatic nitrogens is 1. The Bertz CT molecular complexity index is 1160. The maximum Gasteiger partial charge on any atom is 0.247 e. The molecule has 2 heterocycles. The van der Waals surface area contributed by atoms with Crippen LogP contribution in [0.3, 0.4) is 0 Å². The van der Waals surface area contributed by atoms with Gasteiger partial charge in [0.25, 0.3) is 0 Å². The van der Waals surface area contributed by atoms with Gasteiger partial charge in [0.1, 0.15) is 23.4 Å². The average Bonchev–Trinajstić information content (AvgIpc) is 3.60. The number of hydrogen-bond acceptors (Lipinski definition) is 5. The van der Waals surface area contributed by atoms with E-state index < -0.39 is 11.9 Å². The number of pyridine rings is 1. The second-order valence-electron chi connectivity index (χ2n) is 9.16. The maximum absolute atomic E-state index is 13.7. The normalized spacial score (nSPS) is 14.2. The third-order valence-electron chi connectivity index (χ3n) is 6.40. The number of benzene rings is 1. The van der Waals surface area contributed by atoms with Gasteiger partial charge in [-0.15, -0.1) is 0 Å². The highest BCUT2D eigenvalue weighted by Gasteiger charge is 2.33. The van der Waals surface area contributed by atoms with Crippen molar-refractivity contribution in [1.82, 2.24) is 15.2 Å². The van der Waals surface area contributed by atoms with Crippen LogP contribution in [-0.4, -0.2) is 33.6 Å². The van der Waals surface area contributed by atoms with Gasteiger partial charge in [0, 0.05) is 25.1 Å². The van der Waals surface area contributed by atoms with E-state index in [2.05, 4.69) is 15.6 Å². The zero-order valence-electron chi connectivity index (χ0n) is 20.6. The van der Waals surface area contributed by atoms with Gasteiger partial charge in [0.15, 0.2) is 0 Å². The Labute approximate surface area is 215 Å². The molecule has 0 bridgehead atoms. The van der Waals surface area contributed by atoms with Gasteiger partial charge < -0.3 is 20.0 Å². The first-order chi connectivity index (χ1) is 18.0. The molecule has 2 N–H and O–H groups in total. The summed E-state index contributed by atoms with van der Waals surface area (Å²) in [5, 5.41) is 5.78. The minimum Gasteiger partial charge on any atom is -0.467 e. The van der Waals surface area contributed by atoms with E-state index in [1.54, 1.807) is 36.5 Å². The van der Waals surface area contributed by atoms with Crippen LogP contribution in [0.15, 0.2) is 71.5 Å². The zero-order valence-corrected chi connectivity index (χ0v) is 20.6. The van der Waals surface area contributed by atoms with Crippen LogP contribution in [0.2, 0.25) is 0 Å². The minimum absolute atomic E-state index is 0.0464. The number of nitrogens with one attached hydrogen (secondary N) is 2. The zero-order chi connectivity index (χ0) is 26.0. The van der Waals surface area contributed by atoms with Crippen molar-refractivity contribution in [2.75, 3.05) is 5.32 Å². The lowest BCUT2D eigenvalue weighted by molar-refractivity contribution is -0.142. The SMILES string of the molecule is O=C(CCCC(=O)N(Cc1ccco1)[C@@H](C(=O)NC1CCCC1)c1ccc(F)cc1)Nc1ccccn1. The summed E-state index contributed by atoms with van der Waals surface area (Å²) in [6.07, 6.45) is 7.40. The Morgan fingerprint density at radius 1 is 1.03 bits per heavy atom. The fourth-order valence-corrected chi connectivity index (χ4v) is 4.55. The average molecular weight is 507 g/mol. The van der Waals surface area contributed by atoms with Crippen molar-refractivity contribution in [3.63, 3.8) is 0 Å². The number of halogens is 1. The summed E-state index contributed by atoms with van der Waals surface area (Å²) in [5.74, 6) is -0.343. The van der Waals surface area contributed by atoms with Crippen molar-refractivity contribution in [3.05, 3.63) is 84.2 Å². The van der Waals surface area contributed by atoms with Gasteiger partial charge in [-0.3, -0.25) is 14.4 Å². The molecule has 2 aromatic heterocycles. The van der Waals surface area contributed by atoms with Gasteiger partial charge in [-0.2, -0.15) is 0 Å². The van der Waals surface area contributed by atoms with Crippen LogP contribution < -0.4 is 10.6 Å². The Hall–Kier alpha value is -4.01. The standard InChI is InChI=1S/C28H31FN4O4/c29-21-15-13-20(14-16-21)27(28(36)31-22-7-1-2-8-22)33(19-23-9-6-18-37-23)26(35)12-5-11-25(34)32-24-10-3-4-17-30-24/h3-4,6,9-10,13-18,22,27H,1-2,5,7-8,11-12,19H2,(H,31,36)(H,30,32,34)/t27-/m1/s1. The lowest BCUT2D eigenvalue weighted by Gasteiger charge is -2.32. The molecule has 3 aromatic rings. The van der Waals surface area contributed by atoms with Gasteiger partial charge in [-0.05, 0) is 61.2 Å². The molecule has 1 fully saturated rings. The monoisotopic (exact) mass is 506 g/mol. The Kier molecular flexibility index (Phi) is 9.02. The van der Waals surface area contributed by atoms with E-state index in [0.29, 0.717) is 17.1 Å².